The average Bonchev–Trinajstić information content (AvgIpc) is 3.30. The molecular weight excluding hydrogens is 400 g/mol. The SMILES string of the molecule is CC(C)NC(=O)n1nc(-c2ccc(NC(=O)c3cccs3)cc2O)cc1C1CCC1. The molecule has 0 radical (unpaired) electrons. The Morgan fingerprint density at radius 1 is 1.23 bits per heavy atom. The van der Waals surface area contributed by atoms with Crippen LogP contribution in [-0.4, -0.2) is 32.9 Å². The van der Waals surface area contributed by atoms with Gasteiger partial charge in [-0.3, -0.25) is 4.79 Å². The molecule has 2 aromatic heterocycles. The second kappa shape index (κ2) is 8.31. The topological polar surface area (TPSA) is 96.3 Å². The van der Waals surface area contributed by atoms with E-state index in [1.165, 1.54) is 22.1 Å². The van der Waals surface area contributed by atoms with E-state index in [9.17, 15) is 14.7 Å². The van der Waals surface area contributed by atoms with Crippen molar-refractivity contribution < 1.29 is 14.7 Å². The largest absolute Gasteiger partial charge is 0.507 e. The molecule has 3 N–H and O–H groups in total. The Balaban J connectivity index is 1.61. The third kappa shape index (κ3) is 4.09. The smallest absolute Gasteiger partial charge is 0.342 e. The number of aromatic hydroxyl groups is 1. The van der Waals surface area contributed by atoms with Gasteiger partial charge in [-0.2, -0.15) is 9.78 Å². The molecule has 8 heteroatoms. The second-order valence-corrected chi connectivity index (χ2v) is 8.71. The molecule has 0 bridgehead atoms. The number of benzene rings is 1. The summed E-state index contributed by atoms with van der Waals surface area (Å²) >= 11 is 1.35. The monoisotopic (exact) mass is 424 g/mol. The van der Waals surface area contributed by atoms with Crippen LogP contribution in [0.4, 0.5) is 10.5 Å². The number of carbonyl (C=O) groups is 2. The molecular formula is C22H24N4O3S. The van der Waals surface area contributed by atoms with Gasteiger partial charge in [0.1, 0.15) is 5.75 Å². The quantitative estimate of drug-likeness (QED) is 0.548. The molecule has 156 valence electrons. The van der Waals surface area contributed by atoms with E-state index < -0.39 is 0 Å². The van der Waals surface area contributed by atoms with Gasteiger partial charge in [-0.1, -0.05) is 12.5 Å². The highest BCUT2D eigenvalue weighted by Crippen LogP contribution is 2.39. The van der Waals surface area contributed by atoms with Crippen LogP contribution in [0.15, 0.2) is 41.8 Å². The van der Waals surface area contributed by atoms with Gasteiger partial charge in [0.2, 0.25) is 0 Å². The highest BCUT2D eigenvalue weighted by Gasteiger charge is 2.27. The van der Waals surface area contributed by atoms with Crippen molar-refractivity contribution in [2.75, 3.05) is 5.32 Å². The molecule has 0 atom stereocenters. The first kappa shape index (κ1) is 20.2. The number of carbonyl (C=O) groups excluding carboxylic acids is 2. The molecule has 0 spiro atoms. The molecule has 0 aliphatic heterocycles. The summed E-state index contributed by atoms with van der Waals surface area (Å²) in [7, 11) is 0. The zero-order valence-electron chi connectivity index (χ0n) is 16.9. The van der Waals surface area contributed by atoms with Crippen LogP contribution in [0.2, 0.25) is 0 Å². The Kier molecular flexibility index (Phi) is 5.59. The average molecular weight is 425 g/mol. The maximum absolute atomic E-state index is 12.6. The summed E-state index contributed by atoms with van der Waals surface area (Å²) in [5.74, 6) is 0.0720. The number of aromatic nitrogens is 2. The Morgan fingerprint density at radius 2 is 2.03 bits per heavy atom. The van der Waals surface area contributed by atoms with Gasteiger partial charge in [0, 0.05) is 29.3 Å². The minimum Gasteiger partial charge on any atom is -0.507 e. The summed E-state index contributed by atoms with van der Waals surface area (Å²) in [6, 6.07) is 10.1. The first-order chi connectivity index (χ1) is 14.4. The van der Waals surface area contributed by atoms with Gasteiger partial charge in [0.05, 0.1) is 16.3 Å². The zero-order valence-corrected chi connectivity index (χ0v) is 17.7. The van der Waals surface area contributed by atoms with Crippen molar-refractivity contribution in [3.05, 3.63) is 52.3 Å². The van der Waals surface area contributed by atoms with Crippen molar-refractivity contribution in [2.45, 2.75) is 45.1 Å². The zero-order chi connectivity index (χ0) is 21.3. The first-order valence-electron chi connectivity index (χ1n) is 10.0. The molecule has 0 unspecified atom stereocenters. The van der Waals surface area contributed by atoms with E-state index in [1.807, 2.05) is 31.4 Å². The van der Waals surface area contributed by atoms with Crippen molar-refractivity contribution in [1.82, 2.24) is 15.1 Å². The van der Waals surface area contributed by atoms with Gasteiger partial charge in [-0.05, 0) is 56.3 Å². The lowest BCUT2D eigenvalue weighted by atomic mass is 9.82. The normalized spacial score (nSPS) is 13.8. The van der Waals surface area contributed by atoms with Crippen molar-refractivity contribution in [3.63, 3.8) is 0 Å². The number of phenolic OH excluding ortho intramolecular Hbond substituents is 1. The van der Waals surface area contributed by atoms with Gasteiger partial charge in [0.15, 0.2) is 0 Å². The van der Waals surface area contributed by atoms with Crippen molar-refractivity contribution in [2.24, 2.45) is 0 Å². The van der Waals surface area contributed by atoms with Crippen LogP contribution in [0.3, 0.4) is 0 Å². The third-order valence-corrected chi connectivity index (χ3v) is 6.01. The Labute approximate surface area is 178 Å². The van der Waals surface area contributed by atoms with E-state index >= 15 is 0 Å². The molecule has 1 fully saturated rings. The van der Waals surface area contributed by atoms with Crippen LogP contribution in [-0.2, 0) is 0 Å². The van der Waals surface area contributed by atoms with Crippen LogP contribution in [0.25, 0.3) is 11.3 Å². The number of rotatable bonds is 5. The number of nitrogens with one attached hydrogen (secondary N) is 2. The van der Waals surface area contributed by atoms with E-state index in [0.29, 0.717) is 27.7 Å². The van der Waals surface area contributed by atoms with E-state index in [-0.39, 0.29) is 23.7 Å². The van der Waals surface area contributed by atoms with Crippen LogP contribution >= 0.6 is 11.3 Å². The number of amides is 2. The summed E-state index contributed by atoms with van der Waals surface area (Å²) in [6.45, 7) is 3.81. The minimum atomic E-state index is -0.266. The summed E-state index contributed by atoms with van der Waals surface area (Å²) in [5.41, 5.74) is 2.40. The lowest BCUT2D eigenvalue weighted by Crippen LogP contribution is -2.36. The Hall–Kier alpha value is -3.13. The Morgan fingerprint density at radius 3 is 2.63 bits per heavy atom. The molecule has 1 aliphatic rings. The fourth-order valence-corrected chi connectivity index (χ4v) is 4.04. The fraction of sp³-hybridized carbons (Fsp3) is 0.318. The number of nitrogens with zero attached hydrogens (tertiary/aromatic N) is 2. The van der Waals surface area contributed by atoms with Crippen LogP contribution < -0.4 is 10.6 Å². The van der Waals surface area contributed by atoms with Crippen LogP contribution in [0.5, 0.6) is 5.75 Å². The van der Waals surface area contributed by atoms with E-state index in [1.54, 1.807) is 18.2 Å². The molecule has 2 amide bonds. The summed E-state index contributed by atoms with van der Waals surface area (Å²) in [6.07, 6.45) is 3.19. The van der Waals surface area contributed by atoms with Gasteiger partial charge in [-0.25, -0.2) is 4.79 Å². The number of hydrogen-bond acceptors (Lipinski definition) is 5. The third-order valence-electron chi connectivity index (χ3n) is 5.14. The highest BCUT2D eigenvalue weighted by molar-refractivity contribution is 7.12. The standard InChI is InChI=1S/C22H24N4O3S/c1-13(2)23-22(29)26-18(14-5-3-6-14)12-17(25-26)16-9-8-15(11-19(16)27)24-21(28)20-7-4-10-30-20/h4,7-14,27H,3,5-6H2,1-2H3,(H,23,29)(H,24,28). The summed E-state index contributed by atoms with van der Waals surface area (Å²) < 4.78 is 1.42. The van der Waals surface area contributed by atoms with E-state index in [0.717, 1.165) is 25.0 Å². The molecule has 4 rings (SSSR count). The van der Waals surface area contributed by atoms with Gasteiger partial charge >= 0.3 is 6.03 Å². The van der Waals surface area contributed by atoms with Gasteiger partial charge < -0.3 is 15.7 Å². The molecule has 1 aliphatic carbocycles. The number of anilines is 1. The first-order valence-corrected chi connectivity index (χ1v) is 10.9. The lowest BCUT2D eigenvalue weighted by molar-refractivity contribution is 0.103. The fourth-order valence-electron chi connectivity index (χ4n) is 3.42. The Bertz CT molecular complexity index is 1070. The maximum atomic E-state index is 12.6. The predicted molar refractivity (Wildman–Crippen MR) is 117 cm³/mol. The number of hydrogen-bond donors (Lipinski definition) is 3. The highest BCUT2D eigenvalue weighted by atomic mass is 32.1. The van der Waals surface area contributed by atoms with E-state index in [2.05, 4.69) is 15.7 Å². The van der Waals surface area contributed by atoms with Crippen LogP contribution in [0, 0.1) is 0 Å². The maximum Gasteiger partial charge on any atom is 0.342 e. The molecule has 30 heavy (non-hydrogen) atoms. The van der Waals surface area contributed by atoms with Crippen molar-refractivity contribution in [1.29, 1.82) is 0 Å². The second-order valence-electron chi connectivity index (χ2n) is 7.76. The molecule has 2 heterocycles. The predicted octanol–water partition coefficient (Wildman–Crippen LogP) is 4.80. The van der Waals surface area contributed by atoms with E-state index in [4.69, 9.17) is 0 Å². The molecule has 1 saturated carbocycles. The van der Waals surface area contributed by atoms with Crippen molar-refractivity contribution >= 4 is 29.0 Å². The van der Waals surface area contributed by atoms with Crippen LogP contribution in [0.1, 0.15) is 54.4 Å². The summed E-state index contributed by atoms with van der Waals surface area (Å²) in [4.78, 5) is 25.4. The molecule has 0 saturated heterocycles. The molecule has 1 aromatic carbocycles. The lowest BCUT2D eigenvalue weighted by Gasteiger charge is -2.25. The number of thiophene rings is 1. The number of phenols is 1. The molecule has 3 aromatic rings. The molecule has 7 nitrogen and oxygen atoms in total. The van der Waals surface area contributed by atoms with Gasteiger partial charge in [-0.15, -0.1) is 11.3 Å². The minimum absolute atomic E-state index is 0.000895. The van der Waals surface area contributed by atoms with Gasteiger partial charge in [0.25, 0.3) is 5.91 Å². The summed E-state index contributed by atoms with van der Waals surface area (Å²) in [5, 5.41) is 22.6. The van der Waals surface area contributed by atoms with Crippen molar-refractivity contribution in [3.8, 4) is 17.0 Å².